The highest BCUT2D eigenvalue weighted by atomic mass is 16.1. The smallest absolute Gasteiger partial charge is 0.225 e. The molecule has 1 N–H and O–H groups in total. The van der Waals surface area contributed by atoms with Gasteiger partial charge in [0.2, 0.25) is 11.9 Å². The number of anilines is 1. The second-order valence-corrected chi connectivity index (χ2v) is 6.89. The predicted molar refractivity (Wildman–Crippen MR) is 102 cm³/mol. The zero-order valence-corrected chi connectivity index (χ0v) is 15.9. The van der Waals surface area contributed by atoms with Gasteiger partial charge in [0, 0.05) is 37.4 Å². The van der Waals surface area contributed by atoms with Crippen molar-refractivity contribution in [3.05, 3.63) is 18.5 Å². The molecule has 1 aliphatic heterocycles. The minimum absolute atomic E-state index is 0.116. The molecule has 0 unspecified atom stereocenters. The van der Waals surface area contributed by atoms with E-state index in [2.05, 4.69) is 45.9 Å². The van der Waals surface area contributed by atoms with E-state index in [4.69, 9.17) is 0 Å². The average molecular weight is 348 g/mol. The monoisotopic (exact) mass is 347 g/mol. The van der Waals surface area contributed by atoms with Crippen LogP contribution in [0.1, 0.15) is 46.5 Å². The van der Waals surface area contributed by atoms with Gasteiger partial charge in [0.05, 0.1) is 0 Å². The van der Waals surface area contributed by atoms with E-state index in [1.807, 2.05) is 6.07 Å². The molecule has 2 rings (SSSR count). The van der Waals surface area contributed by atoms with E-state index in [0.29, 0.717) is 0 Å². The van der Waals surface area contributed by atoms with E-state index < -0.39 is 0 Å². The van der Waals surface area contributed by atoms with Crippen LogP contribution in [-0.2, 0) is 4.79 Å². The topological polar surface area (TPSA) is 61.4 Å². The van der Waals surface area contributed by atoms with Crippen LogP contribution in [0.4, 0.5) is 5.95 Å². The van der Waals surface area contributed by atoms with Crippen molar-refractivity contribution in [3.8, 4) is 0 Å². The lowest BCUT2D eigenvalue weighted by Gasteiger charge is -2.31. The number of nitrogens with one attached hydrogen (secondary N) is 1. The molecule has 6 heteroatoms. The Balaban J connectivity index is 1.68. The van der Waals surface area contributed by atoms with Crippen LogP contribution in [-0.4, -0.2) is 59.5 Å². The number of piperidine rings is 1. The fourth-order valence-corrected chi connectivity index (χ4v) is 3.39. The Morgan fingerprint density at radius 2 is 1.92 bits per heavy atom. The predicted octanol–water partition coefficient (Wildman–Crippen LogP) is 2.32. The molecule has 25 heavy (non-hydrogen) atoms. The van der Waals surface area contributed by atoms with Gasteiger partial charge in [0.15, 0.2) is 0 Å². The van der Waals surface area contributed by atoms with E-state index in [9.17, 15) is 4.79 Å². The number of aromatic nitrogens is 2. The summed E-state index contributed by atoms with van der Waals surface area (Å²) in [6.45, 7) is 11.5. The summed E-state index contributed by atoms with van der Waals surface area (Å²) in [6, 6.07) is 2.07. The summed E-state index contributed by atoms with van der Waals surface area (Å²) in [5.41, 5.74) is 0. The Labute approximate surface area is 152 Å². The highest BCUT2D eigenvalue weighted by molar-refractivity contribution is 5.79. The van der Waals surface area contributed by atoms with Gasteiger partial charge >= 0.3 is 0 Å². The molecule has 1 fully saturated rings. The Bertz CT molecular complexity index is 498. The number of carbonyl (C=O) groups excluding carboxylic acids is 1. The summed E-state index contributed by atoms with van der Waals surface area (Å²) < 4.78 is 0. The fourth-order valence-electron chi connectivity index (χ4n) is 3.39. The first-order chi connectivity index (χ1) is 12.1. The SMILES string of the molecule is CCN(CC)CCC[C@@H](C)NC(=O)C1CCN(c2ncccn2)CC1. The lowest BCUT2D eigenvalue weighted by molar-refractivity contribution is -0.126. The quantitative estimate of drug-likeness (QED) is 0.743. The standard InChI is InChI=1S/C19H33N5O/c1-4-23(5-2)13-6-8-16(3)22-18(25)17-9-14-24(15-10-17)19-20-11-7-12-21-19/h7,11-12,16-17H,4-6,8-10,13-15H2,1-3H3,(H,22,25)/t16-/m1/s1. The number of nitrogens with zero attached hydrogens (tertiary/aromatic N) is 4. The molecule has 1 atom stereocenters. The Kier molecular flexibility index (Phi) is 8.12. The van der Waals surface area contributed by atoms with E-state index in [1.165, 1.54) is 0 Å². The normalized spacial score (nSPS) is 16.9. The molecule has 0 spiro atoms. The van der Waals surface area contributed by atoms with Gasteiger partial charge in [-0.05, 0) is 58.3 Å². The van der Waals surface area contributed by atoms with Gasteiger partial charge in [0.25, 0.3) is 0 Å². The highest BCUT2D eigenvalue weighted by Crippen LogP contribution is 2.20. The van der Waals surface area contributed by atoms with Crippen molar-refractivity contribution in [3.63, 3.8) is 0 Å². The summed E-state index contributed by atoms with van der Waals surface area (Å²) in [6.07, 6.45) is 7.44. The van der Waals surface area contributed by atoms with Crippen molar-refractivity contribution in [1.82, 2.24) is 20.2 Å². The third kappa shape index (κ3) is 6.27. The molecular weight excluding hydrogens is 314 g/mol. The lowest BCUT2D eigenvalue weighted by Crippen LogP contribution is -2.43. The number of amides is 1. The number of carbonyl (C=O) groups is 1. The van der Waals surface area contributed by atoms with Gasteiger partial charge in [-0.1, -0.05) is 13.8 Å². The molecule has 0 aliphatic carbocycles. The van der Waals surface area contributed by atoms with Crippen LogP contribution in [0.15, 0.2) is 18.5 Å². The molecule has 0 bridgehead atoms. The summed E-state index contributed by atoms with van der Waals surface area (Å²) in [4.78, 5) is 25.7. The van der Waals surface area contributed by atoms with E-state index in [1.54, 1.807) is 12.4 Å². The molecule has 1 aromatic rings. The van der Waals surface area contributed by atoms with Gasteiger partial charge in [0.1, 0.15) is 0 Å². The van der Waals surface area contributed by atoms with Crippen LogP contribution in [0, 0.1) is 5.92 Å². The highest BCUT2D eigenvalue weighted by Gasteiger charge is 2.26. The van der Waals surface area contributed by atoms with Crippen molar-refractivity contribution >= 4 is 11.9 Å². The molecule has 0 aromatic carbocycles. The van der Waals surface area contributed by atoms with Crippen LogP contribution in [0.3, 0.4) is 0 Å². The van der Waals surface area contributed by atoms with Gasteiger partial charge < -0.3 is 15.1 Å². The van der Waals surface area contributed by atoms with Gasteiger partial charge in [-0.2, -0.15) is 0 Å². The second-order valence-electron chi connectivity index (χ2n) is 6.89. The maximum atomic E-state index is 12.5. The Morgan fingerprint density at radius 1 is 1.28 bits per heavy atom. The van der Waals surface area contributed by atoms with Crippen LogP contribution in [0.5, 0.6) is 0 Å². The summed E-state index contributed by atoms with van der Waals surface area (Å²) in [7, 11) is 0. The summed E-state index contributed by atoms with van der Waals surface area (Å²) in [5, 5.41) is 3.21. The number of rotatable bonds is 9. The number of hydrogen-bond donors (Lipinski definition) is 1. The first-order valence-corrected chi connectivity index (χ1v) is 9.68. The fraction of sp³-hybridized carbons (Fsp3) is 0.737. The molecule has 1 aliphatic rings. The molecular formula is C19H33N5O. The third-order valence-corrected chi connectivity index (χ3v) is 5.10. The zero-order valence-electron chi connectivity index (χ0n) is 15.9. The maximum Gasteiger partial charge on any atom is 0.225 e. The molecule has 2 heterocycles. The molecule has 1 amide bonds. The summed E-state index contributed by atoms with van der Waals surface area (Å²) in [5.74, 6) is 1.10. The molecule has 0 saturated carbocycles. The van der Waals surface area contributed by atoms with Gasteiger partial charge in [-0.3, -0.25) is 4.79 Å². The average Bonchev–Trinajstić information content (AvgIpc) is 2.66. The largest absolute Gasteiger partial charge is 0.353 e. The number of hydrogen-bond acceptors (Lipinski definition) is 5. The minimum atomic E-state index is 0.116. The molecule has 1 aromatic heterocycles. The zero-order chi connectivity index (χ0) is 18.1. The maximum absolute atomic E-state index is 12.5. The van der Waals surface area contributed by atoms with Crippen LogP contribution in [0.2, 0.25) is 0 Å². The van der Waals surface area contributed by atoms with Crippen molar-refractivity contribution in [2.24, 2.45) is 5.92 Å². The third-order valence-electron chi connectivity index (χ3n) is 5.10. The van der Waals surface area contributed by atoms with Gasteiger partial charge in [-0.15, -0.1) is 0 Å². The lowest BCUT2D eigenvalue weighted by atomic mass is 9.95. The van der Waals surface area contributed by atoms with Crippen molar-refractivity contribution in [2.75, 3.05) is 37.6 Å². The van der Waals surface area contributed by atoms with Crippen LogP contribution >= 0.6 is 0 Å². The van der Waals surface area contributed by atoms with Crippen molar-refractivity contribution in [1.29, 1.82) is 0 Å². The Morgan fingerprint density at radius 3 is 2.52 bits per heavy atom. The molecule has 1 saturated heterocycles. The van der Waals surface area contributed by atoms with E-state index in [-0.39, 0.29) is 17.9 Å². The van der Waals surface area contributed by atoms with E-state index >= 15 is 0 Å². The Hall–Kier alpha value is -1.69. The molecule has 0 radical (unpaired) electrons. The van der Waals surface area contributed by atoms with Crippen LogP contribution in [0.25, 0.3) is 0 Å². The summed E-state index contributed by atoms with van der Waals surface area (Å²) >= 11 is 0. The molecule has 6 nitrogen and oxygen atoms in total. The minimum Gasteiger partial charge on any atom is -0.353 e. The van der Waals surface area contributed by atoms with Crippen molar-refractivity contribution < 1.29 is 4.79 Å². The molecule has 140 valence electrons. The van der Waals surface area contributed by atoms with Crippen molar-refractivity contribution in [2.45, 2.75) is 52.5 Å². The van der Waals surface area contributed by atoms with Gasteiger partial charge in [-0.25, -0.2) is 9.97 Å². The van der Waals surface area contributed by atoms with E-state index in [0.717, 1.165) is 64.4 Å². The second kappa shape index (κ2) is 10.3. The first kappa shape index (κ1) is 19.6. The first-order valence-electron chi connectivity index (χ1n) is 9.68. The van der Waals surface area contributed by atoms with Crippen LogP contribution < -0.4 is 10.2 Å².